The van der Waals surface area contributed by atoms with E-state index in [1.165, 1.54) is 5.56 Å². The number of aromatic amines is 1. The van der Waals surface area contributed by atoms with Gasteiger partial charge < -0.3 is 19.2 Å². The van der Waals surface area contributed by atoms with Gasteiger partial charge in [0.15, 0.2) is 0 Å². The van der Waals surface area contributed by atoms with Gasteiger partial charge in [0.1, 0.15) is 0 Å². The van der Waals surface area contributed by atoms with Crippen LogP contribution in [-0.2, 0) is 20.6 Å². The highest BCUT2D eigenvalue weighted by Gasteiger charge is 2.28. The first-order valence-corrected chi connectivity index (χ1v) is 5.80. The van der Waals surface area contributed by atoms with Gasteiger partial charge >= 0.3 is 0 Å². The van der Waals surface area contributed by atoms with Gasteiger partial charge in [0.25, 0.3) is 5.97 Å². The summed E-state index contributed by atoms with van der Waals surface area (Å²) in [6.45, 7) is 0. The number of nitrogens with zero attached hydrogens (tertiary/aromatic N) is 1. The minimum Gasteiger partial charge on any atom is -0.345 e. The van der Waals surface area contributed by atoms with Gasteiger partial charge in [-0.25, -0.2) is 4.98 Å². The lowest BCUT2D eigenvalue weighted by molar-refractivity contribution is -0.354. The quantitative estimate of drug-likeness (QED) is 0.797. The van der Waals surface area contributed by atoms with Gasteiger partial charge in [-0.2, -0.15) is 0 Å². The summed E-state index contributed by atoms with van der Waals surface area (Å²) in [7, 11) is 4.72. The summed E-state index contributed by atoms with van der Waals surface area (Å²) < 4.78 is 15.8. The molecule has 18 heavy (non-hydrogen) atoms. The highest BCUT2D eigenvalue weighted by atomic mass is 16.9. The van der Waals surface area contributed by atoms with Crippen molar-refractivity contribution in [1.29, 1.82) is 0 Å². The van der Waals surface area contributed by atoms with Gasteiger partial charge in [-0.05, 0) is 24.1 Å². The molecule has 0 atom stereocenters. The summed E-state index contributed by atoms with van der Waals surface area (Å²) >= 11 is 0. The second-order valence-electron chi connectivity index (χ2n) is 4.05. The molecule has 2 rings (SSSR count). The molecule has 1 heterocycles. The molecule has 98 valence electrons. The van der Waals surface area contributed by atoms with Crippen LogP contribution in [0.15, 0.2) is 24.5 Å². The maximum Gasteiger partial charge on any atom is 0.282 e. The van der Waals surface area contributed by atoms with Crippen molar-refractivity contribution in [2.45, 2.75) is 18.8 Å². The van der Waals surface area contributed by atoms with Crippen LogP contribution < -0.4 is 0 Å². The number of fused-ring (bicyclic) bond motifs is 1. The lowest BCUT2D eigenvalue weighted by Crippen LogP contribution is -2.36. The highest BCUT2D eigenvalue weighted by molar-refractivity contribution is 5.74. The molecular weight excluding hydrogens is 232 g/mol. The van der Waals surface area contributed by atoms with Gasteiger partial charge in [-0.1, -0.05) is 6.07 Å². The molecule has 1 aromatic carbocycles. The van der Waals surface area contributed by atoms with E-state index in [0.717, 1.165) is 17.5 Å². The fourth-order valence-electron chi connectivity index (χ4n) is 1.99. The number of benzene rings is 1. The zero-order chi connectivity index (χ0) is 13.0. The van der Waals surface area contributed by atoms with Gasteiger partial charge in [0.05, 0.1) is 17.4 Å². The molecule has 0 aliphatic heterocycles. The van der Waals surface area contributed by atoms with Gasteiger partial charge in [-0.15, -0.1) is 0 Å². The van der Waals surface area contributed by atoms with Crippen LogP contribution in [0.4, 0.5) is 0 Å². The fourth-order valence-corrected chi connectivity index (χ4v) is 1.99. The molecule has 0 unspecified atom stereocenters. The van der Waals surface area contributed by atoms with Crippen LogP contribution in [0.5, 0.6) is 0 Å². The second-order valence-corrected chi connectivity index (χ2v) is 4.05. The lowest BCUT2D eigenvalue weighted by Gasteiger charge is -2.28. The number of H-pyrrole nitrogens is 1. The van der Waals surface area contributed by atoms with Gasteiger partial charge in [0.2, 0.25) is 0 Å². The summed E-state index contributed by atoms with van der Waals surface area (Å²) in [6, 6.07) is 6.12. The van der Waals surface area contributed by atoms with Gasteiger partial charge in [-0.3, -0.25) is 0 Å². The van der Waals surface area contributed by atoms with Crippen LogP contribution >= 0.6 is 0 Å². The van der Waals surface area contributed by atoms with Crippen molar-refractivity contribution in [2.24, 2.45) is 0 Å². The van der Waals surface area contributed by atoms with Crippen LogP contribution in [0.3, 0.4) is 0 Å². The van der Waals surface area contributed by atoms with Crippen LogP contribution in [0, 0.1) is 0 Å². The summed E-state index contributed by atoms with van der Waals surface area (Å²) in [5.41, 5.74) is 3.18. The van der Waals surface area contributed by atoms with E-state index < -0.39 is 5.97 Å². The van der Waals surface area contributed by atoms with Crippen molar-refractivity contribution in [3.05, 3.63) is 30.1 Å². The van der Waals surface area contributed by atoms with E-state index >= 15 is 0 Å². The standard InChI is InChI=1S/C13H18N2O3/c1-16-13(17-2,18-3)7-6-10-4-5-11-12(8-10)15-9-14-11/h4-5,8-9H,6-7H2,1-3H3,(H,14,15). The number of imidazole rings is 1. The third-order valence-electron chi connectivity index (χ3n) is 3.14. The predicted molar refractivity (Wildman–Crippen MR) is 68.2 cm³/mol. The first kappa shape index (κ1) is 13.0. The lowest BCUT2D eigenvalue weighted by atomic mass is 10.1. The molecule has 0 spiro atoms. The normalized spacial score (nSPS) is 12.2. The molecule has 1 aromatic heterocycles. The minimum absolute atomic E-state index is 0.621. The molecule has 5 heteroatoms. The van der Waals surface area contributed by atoms with Crippen LogP contribution in [0.2, 0.25) is 0 Å². The Hall–Kier alpha value is -1.43. The first-order chi connectivity index (χ1) is 8.73. The molecule has 0 amide bonds. The van der Waals surface area contributed by atoms with E-state index in [0.29, 0.717) is 6.42 Å². The monoisotopic (exact) mass is 250 g/mol. The third kappa shape index (κ3) is 2.53. The molecule has 0 bridgehead atoms. The van der Waals surface area contributed by atoms with E-state index in [9.17, 15) is 0 Å². The summed E-state index contributed by atoms with van der Waals surface area (Å²) in [6.07, 6.45) is 3.11. The van der Waals surface area contributed by atoms with Crippen molar-refractivity contribution in [1.82, 2.24) is 9.97 Å². The van der Waals surface area contributed by atoms with E-state index in [1.807, 2.05) is 6.07 Å². The maximum absolute atomic E-state index is 5.27. The Morgan fingerprint density at radius 2 is 1.89 bits per heavy atom. The number of hydrogen-bond donors (Lipinski definition) is 1. The van der Waals surface area contributed by atoms with E-state index in [1.54, 1.807) is 27.7 Å². The Bertz CT molecular complexity index is 497. The van der Waals surface area contributed by atoms with E-state index in [4.69, 9.17) is 14.2 Å². The molecule has 2 aromatic rings. The number of aromatic nitrogens is 2. The first-order valence-electron chi connectivity index (χ1n) is 5.80. The number of methoxy groups -OCH3 is 3. The Balaban J connectivity index is 2.09. The summed E-state index contributed by atoms with van der Waals surface area (Å²) in [5.74, 6) is -0.969. The van der Waals surface area contributed by atoms with E-state index in [2.05, 4.69) is 22.1 Å². The number of nitrogens with one attached hydrogen (secondary N) is 1. The zero-order valence-electron chi connectivity index (χ0n) is 10.9. The number of hydrogen-bond acceptors (Lipinski definition) is 4. The fraction of sp³-hybridized carbons (Fsp3) is 0.462. The number of aryl methyl sites for hydroxylation is 1. The Morgan fingerprint density at radius 3 is 2.56 bits per heavy atom. The summed E-state index contributed by atoms with van der Waals surface area (Å²) in [4.78, 5) is 7.28. The Morgan fingerprint density at radius 1 is 1.17 bits per heavy atom. The SMILES string of the molecule is COC(CCc1ccc2nc[nH]c2c1)(OC)OC. The molecule has 0 saturated heterocycles. The minimum atomic E-state index is -0.969. The third-order valence-corrected chi connectivity index (χ3v) is 3.14. The Kier molecular flexibility index (Phi) is 3.96. The smallest absolute Gasteiger partial charge is 0.282 e. The Labute approximate surface area is 106 Å². The van der Waals surface area contributed by atoms with Crippen LogP contribution in [0.25, 0.3) is 11.0 Å². The zero-order valence-corrected chi connectivity index (χ0v) is 10.9. The average Bonchev–Trinajstić information content (AvgIpc) is 2.88. The molecule has 0 fully saturated rings. The molecular formula is C13H18N2O3. The number of rotatable bonds is 6. The van der Waals surface area contributed by atoms with E-state index in [-0.39, 0.29) is 0 Å². The average molecular weight is 250 g/mol. The van der Waals surface area contributed by atoms with Crippen molar-refractivity contribution in [3.8, 4) is 0 Å². The van der Waals surface area contributed by atoms with Crippen LogP contribution in [0.1, 0.15) is 12.0 Å². The maximum atomic E-state index is 5.27. The topological polar surface area (TPSA) is 56.4 Å². The summed E-state index contributed by atoms with van der Waals surface area (Å²) in [5, 5.41) is 0. The number of ether oxygens (including phenoxy) is 3. The molecule has 0 aliphatic rings. The highest BCUT2D eigenvalue weighted by Crippen LogP contribution is 2.21. The van der Waals surface area contributed by atoms with Crippen LogP contribution in [-0.4, -0.2) is 37.3 Å². The molecule has 0 aliphatic carbocycles. The van der Waals surface area contributed by atoms with Crippen molar-refractivity contribution >= 4 is 11.0 Å². The largest absolute Gasteiger partial charge is 0.345 e. The second kappa shape index (κ2) is 5.48. The molecule has 0 radical (unpaired) electrons. The molecule has 1 N–H and O–H groups in total. The van der Waals surface area contributed by atoms with Crippen molar-refractivity contribution < 1.29 is 14.2 Å². The molecule has 5 nitrogen and oxygen atoms in total. The predicted octanol–water partition coefficient (Wildman–Crippen LogP) is 2.09. The van der Waals surface area contributed by atoms with Crippen molar-refractivity contribution in [3.63, 3.8) is 0 Å². The molecule has 0 saturated carbocycles. The van der Waals surface area contributed by atoms with Crippen molar-refractivity contribution in [2.75, 3.05) is 21.3 Å². The van der Waals surface area contributed by atoms with Gasteiger partial charge in [0, 0.05) is 27.8 Å².